The molecule has 0 bridgehead atoms. The van der Waals surface area contributed by atoms with Crippen molar-refractivity contribution in [2.24, 2.45) is 0 Å². The minimum Gasteiger partial charge on any atom is -0.508 e. The van der Waals surface area contributed by atoms with Crippen LogP contribution in [0, 0.1) is 5.82 Å². The second-order valence-electron chi connectivity index (χ2n) is 5.54. The first-order valence-corrected chi connectivity index (χ1v) is 7.53. The number of rotatable bonds is 3. The Kier molecular flexibility index (Phi) is 3.43. The molecule has 0 heterocycles. The van der Waals surface area contributed by atoms with Gasteiger partial charge in [0.25, 0.3) is 0 Å². The molecule has 4 aromatic carbocycles. The molecule has 0 amide bonds. The lowest BCUT2D eigenvalue weighted by molar-refractivity contribution is 0.405. The van der Waals surface area contributed by atoms with Crippen LogP contribution in [0.1, 0.15) is 0 Å². The van der Waals surface area contributed by atoms with Gasteiger partial charge < -0.3 is 9.94 Å². The largest absolute Gasteiger partial charge is 0.508 e. The molecule has 0 aliphatic rings. The fourth-order valence-electron chi connectivity index (χ4n) is 2.78. The van der Waals surface area contributed by atoms with Crippen LogP contribution in [0.4, 0.5) is 10.1 Å². The fraction of sp³-hybridized carbons (Fsp3) is 0. The van der Waals surface area contributed by atoms with Crippen molar-refractivity contribution in [3.63, 3.8) is 0 Å². The third kappa shape index (κ3) is 2.58. The van der Waals surface area contributed by atoms with Crippen LogP contribution >= 0.6 is 0 Å². The van der Waals surface area contributed by atoms with Crippen molar-refractivity contribution < 1.29 is 14.3 Å². The first-order chi connectivity index (χ1) is 11.7. The summed E-state index contributed by atoms with van der Waals surface area (Å²) in [6, 6.07) is 21.0. The van der Waals surface area contributed by atoms with Gasteiger partial charge in [-0.25, -0.2) is 9.87 Å². The molecule has 0 atom stereocenters. The van der Waals surface area contributed by atoms with Gasteiger partial charge in [-0.1, -0.05) is 36.4 Å². The van der Waals surface area contributed by atoms with Crippen LogP contribution in [0.3, 0.4) is 0 Å². The summed E-state index contributed by atoms with van der Waals surface area (Å²) >= 11 is 0. The van der Waals surface area contributed by atoms with Crippen molar-refractivity contribution in [2.75, 3.05) is 5.48 Å². The highest BCUT2D eigenvalue weighted by Crippen LogP contribution is 2.29. The van der Waals surface area contributed by atoms with Gasteiger partial charge in [-0.2, -0.15) is 0 Å². The molecule has 3 nitrogen and oxygen atoms in total. The van der Waals surface area contributed by atoms with Crippen LogP contribution in [-0.2, 0) is 0 Å². The normalized spacial score (nSPS) is 10.9. The molecule has 4 heteroatoms. The van der Waals surface area contributed by atoms with Gasteiger partial charge >= 0.3 is 0 Å². The second-order valence-corrected chi connectivity index (χ2v) is 5.54. The van der Waals surface area contributed by atoms with Crippen molar-refractivity contribution in [1.29, 1.82) is 0 Å². The van der Waals surface area contributed by atoms with Gasteiger partial charge in [0.2, 0.25) is 0 Å². The second kappa shape index (κ2) is 5.74. The van der Waals surface area contributed by atoms with E-state index in [2.05, 4.69) is 5.48 Å². The molecule has 0 saturated heterocycles. The SMILES string of the molecule is Oc1cc(NOc2ccc3c(F)cccc3c2)c2ccccc2c1. The van der Waals surface area contributed by atoms with Crippen molar-refractivity contribution >= 4 is 27.2 Å². The minimum absolute atomic E-state index is 0.153. The van der Waals surface area contributed by atoms with Gasteiger partial charge in [-0.05, 0) is 41.1 Å². The zero-order valence-electron chi connectivity index (χ0n) is 12.7. The van der Waals surface area contributed by atoms with E-state index >= 15 is 0 Å². The maximum absolute atomic E-state index is 13.7. The maximum Gasteiger partial charge on any atom is 0.155 e. The monoisotopic (exact) mass is 319 g/mol. The molecule has 0 unspecified atom stereocenters. The number of phenolic OH excluding ortho intramolecular Hbond substituents is 1. The van der Waals surface area contributed by atoms with E-state index in [0.29, 0.717) is 16.8 Å². The number of hydrogen-bond donors (Lipinski definition) is 2. The van der Waals surface area contributed by atoms with Gasteiger partial charge in [0.15, 0.2) is 5.75 Å². The highest BCUT2D eigenvalue weighted by Gasteiger charge is 2.06. The van der Waals surface area contributed by atoms with Crippen LogP contribution in [0.15, 0.2) is 72.8 Å². The average molecular weight is 319 g/mol. The first-order valence-electron chi connectivity index (χ1n) is 7.53. The molecule has 24 heavy (non-hydrogen) atoms. The first kappa shape index (κ1) is 14.3. The van der Waals surface area contributed by atoms with Gasteiger partial charge in [0.05, 0.1) is 5.69 Å². The van der Waals surface area contributed by atoms with E-state index in [1.807, 2.05) is 30.3 Å². The summed E-state index contributed by atoms with van der Waals surface area (Å²) in [4.78, 5) is 5.62. The van der Waals surface area contributed by atoms with Crippen LogP contribution < -0.4 is 10.3 Å². The molecule has 0 aliphatic heterocycles. The van der Waals surface area contributed by atoms with Crippen molar-refractivity contribution in [2.45, 2.75) is 0 Å². The number of nitrogens with one attached hydrogen (secondary N) is 1. The molecule has 4 aromatic rings. The van der Waals surface area contributed by atoms with Gasteiger partial charge in [0, 0.05) is 16.8 Å². The third-order valence-corrected chi connectivity index (χ3v) is 3.92. The highest BCUT2D eigenvalue weighted by atomic mass is 19.1. The lowest BCUT2D eigenvalue weighted by Crippen LogP contribution is -2.05. The third-order valence-electron chi connectivity index (χ3n) is 3.92. The van der Waals surface area contributed by atoms with Crippen LogP contribution in [0.2, 0.25) is 0 Å². The number of phenols is 1. The zero-order chi connectivity index (χ0) is 16.5. The van der Waals surface area contributed by atoms with Gasteiger partial charge in [-0.15, -0.1) is 0 Å². The highest BCUT2D eigenvalue weighted by molar-refractivity contribution is 5.95. The number of anilines is 1. The molecule has 0 fully saturated rings. The molecule has 0 aliphatic carbocycles. The van der Waals surface area contributed by atoms with Crippen molar-refractivity contribution in [1.82, 2.24) is 0 Å². The summed E-state index contributed by atoms with van der Waals surface area (Å²) in [6.45, 7) is 0. The van der Waals surface area contributed by atoms with E-state index in [1.54, 1.807) is 36.4 Å². The Labute approximate surface area is 137 Å². The predicted molar refractivity (Wildman–Crippen MR) is 93.8 cm³/mol. The van der Waals surface area contributed by atoms with Crippen LogP contribution in [0.25, 0.3) is 21.5 Å². The molecule has 4 rings (SSSR count). The summed E-state index contributed by atoms with van der Waals surface area (Å²) < 4.78 is 13.7. The summed E-state index contributed by atoms with van der Waals surface area (Å²) in [5.74, 6) is 0.451. The van der Waals surface area contributed by atoms with Crippen LogP contribution in [-0.4, -0.2) is 5.11 Å². The molecule has 0 radical (unpaired) electrons. The Hall–Kier alpha value is -3.27. The summed E-state index contributed by atoms with van der Waals surface area (Å²) in [5, 5.41) is 13.0. The number of hydrogen-bond acceptors (Lipinski definition) is 3. The number of aromatic hydroxyl groups is 1. The van der Waals surface area contributed by atoms with E-state index in [9.17, 15) is 9.50 Å². The number of halogens is 1. The lowest BCUT2D eigenvalue weighted by Gasteiger charge is -2.12. The van der Waals surface area contributed by atoms with Crippen LogP contribution in [0.5, 0.6) is 11.5 Å². The lowest BCUT2D eigenvalue weighted by atomic mass is 10.1. The van der Waals surface area contributed by atoms with E-state index in [-0.39, 0.29) is 11.6 Å². The molecule has 118 valence electrons. The molecule has 0 saturated carbocycles. The number of fused-ring (bicyclic) bond motifs is 2. The molecular formula is C20H14FNO2. The minimum atomic E-state index is -0.258. The zero-order valence-corrected chi connectivity index (χ0v) is 12.7. The van der Waals surface area contributed by atoms with Crippen molar-refractivity contribution in [3.8, 4) is 11.5 Å². The van der Waals surface area contributed by atoms with Gasteiger partial charge in [-0.3, -0.25) is 0 Å². The van der Waals surface area contributed by atoms with E-state index in [1.165, 1.54) is 6.07 Å². The molecule has 0 aromatic heterocycles. The standard InChI is InChI=1S/C20H14FNO2/c21-19-7-3-5-14-11-16(8-9-17(14)19)24-22-20-12-15(23)10-13-4-1-2-6-18(13)20/h1-12,22-23H. The smallest absolute Gasteiger partial charge is 0.155 e. The maximum atomic E-state index is 13.7. The molecular weight excluding hydrogens is 305 g/mol. The molecule has 2 N–H and O–H groups in total. The fourth-order valence-corrected chi connectivity index (χ4v) is 2.78. The topological polar surface area (TPSA) is 41.5 Å². The Bertz CT molecular complexity index is 1050. The Morgan fingerprint density at radius 1 is 0.792 bits per heavy atom. The Morgan fingerprint density at radius 2 is 1.58 bits per heavy atom. The predicted octanol–water partition coefficient (Wildman–Crippen LogP) is 5.24. The molecule has 0 spiro atoms. The quantitative estimate of drug-likeness (QED) is 0.507. The van der Waals surface area contributed by atoms with E-state index in [0.717, 1.165) is 16.2 Å². The Balaban J connectivity index is 1.66. The van der Waals surface area contributed by atoms with Crippen molar-refractivity contribution in [3.05, 3.63) is 78.6 Å². The summed E-state index contributed by atoms with van der Waals surface area (Å²) in [5.41, 5.74) is 3.53. The van der Waals surface area contributed by atoms with E-state index < -0.39 is 0 Å². The van der Waals surface area contributed by atoms with Gasteiger partial charge in [0.1, 0.15) is 11.6 Å². The number of benzene rings is 4. The van der Waals surface area contributed by atoms with E-state index in [4.69, 9.17) is 4.84 Å². The summed E-state index contributed by atoms with van der Waals surface area (Å²) in [6.07, 6.45) is 0. The average Bonchev–Trinajstić information content (AvgIpc) is 2.59. The Morgan fingerprint density at radius 3 is 2.50 bits per heavy atom. The summed E-state index contributed by atoms with van der Waals surface area (Å²) in [7, 11) is 0.